The summed E-state index contributed by atoms with van der Waals surface area (Å²) in [5.74, 6) is 1.06. The lowest BCUT2D eigenvalue weighted by molar-refractivity contribution is 1.41. The van der Waals surface area contributed by atoms with E-state index in [0.29, 0.717) is 0 Å². The van der Waals surface area contributed by atoms with Gasteiger partial charge in [-0.15, -0.1) is 0 Å². The van der Waals surface area contributed by atoms with Crippen LogP contribution in [0.15, 0.2) is 40.9 Å². The molecule has 0 saturated carbocycles. The molecule has 72 valence electrons. The molecule has 0 aliphatic rings. The summed E-state index contributed by atoms with van der Waals surface area (Å²) >= 11 is 5.52. The summed E-state index contributed by atoms with van der Waals surface area (Å²) in [6.45, 7) is 0. The summed E-state index contributed by atoms with van der Waals surface area (Å²) in [5.41, 5.74) is 1.37. The lowest BCUT2D eigenvalue weighted by Crippen LogP contribution is -1.84. The fraction of sp³-hybridized carbons (Fsp3) is 0.167. The summed E-state index contributed by atoms with van der Waals surface area (Å²) in [7, 11) is 0. The first kappa shape index (κ1) is 10.1. The number of hydrogen-bond donors (Lipinski definition) is 0. The molecule has 0 bridgehead atoms. The maximum atomic E-state index is 3.67. The van der Waals surface area contributed by atoms with Gasteiger partial charge in [-0.2, -0.15) is 11.8 Å². The van der Waals surface area contributed by atoms with Crippen molar-refractivity contribution in [3.8, 4) is 0 Å². The van der Waals surface area contributed by atoms with Gasteiger partial charge < -0.3 is 0 Å². The number of rotatable bonds is 2. The van der Waals surface area contributed by atoms with Gasteiger partial charge in [-0.1, -0.05) is 36.4 Å². The molecule has 0 nitrogen and oxygen atoms in total. The molecule has 14 heavy (non-hydrogen) atoms. The SMILES string of the molecule is CSCc1ccc2ccccc2c1Br. The normalized spacial score (nSPS) is 10.7. The Morgan fingerprint density at radius 2 is 1.93 bits per heavy atom. The van der Waals surface area contributed by atoms with Crippen LogP contribution < -0.4 is 0 Å². The minimum Gasteiger partial charge on any atom is -0.161 e. The summed E-state index contributed by atoms with van der Waals surface area (Å²) in [6, 6.07) is 12.8. The van der Waals surface area contributed by atoms with Gasteiger partial charge in [-0.25, -0.2) is 0 Å². The second-order valence-corrected chi connectivity index (χ2v) is 4.85. The van der Waals surface area contributed by atoms with Crippen LogP contribution in [0.25, 0.3) is 10.8 Å². The molecule has 0 aromatic heterocycles. The number of fused-ring (bicyclic) bond motifs is 1. The van der Waals surface area contributed by atoms with Crippen LogP contribution in [0.1, 0.15) is 5.56 Å². The number of halogens is 1. The van der Waals surface area contributed by atoms with Crippen LogP contribution >= 0.6 is 27.7 Å². The minimum atomic E-state index is 1.06. The van der Waals surface area contributed by atoms with E-state index in [4.69, 9.17) is 0 Å². The predicted molar refractivity (Wildman–Crippen MR) is 68.9 cm³/mol. The smallest absolute Gasteiger partial charge is 0.0294 e. The van der Waals surface area contributed by atoms with Gasteiger partial charge in [0, 0.05) is 10.2 Å². The Bertz CT molecular complexity index is 451. The van der Waals surface area contributed by atoms with Gasteiger partial charge in [0.25, 0.3) is 0 Å². The highest BCUT2D eigenvalue weighted by atomic mass is 79.9. The standard InChI is InChI=1S/C12H11BrS/c1-14-8-10-7-6-9-4-2-3-5-11(9)12(10)13/h2-7H,8H2,1H3. The molecule has 0 saturated heterocycles. The topological polar surface area (TPSA) is 0 Å². The summed E-state index contributed by atoms with van der Waals surface area (Å²) in [6.07, 6.45) is 2.13. The Hall–Kier alpha value is -0.470. The number of hydrogen-bond acceptors (Lipinski definition) is 1. The molecule has 0 N–H and O–H groups in total. The van der Waals surface area contributed by atoms with Crippen LogP contribution in [-0.4, -0.2) is 6.26 Å². The van der Waals surface area contributed by atoms with E-state index in [-0.39, 0.29) is 0 Å². The van der Waals surface area contributed by atoms with E-state index in [9.17, 15) is 0 Å². The molecule has 0 spiro atoms. The second-order valence-electron chi connectivity index (χ2n) is 3.19. The van der Waals surface area contributed by atoms with Crippen LogP contribution in [0.5, 0.6) is 0 Å². The molecule has 0 radical (unpaired) electrons. The third kappa shape index (κ3) is 1.82. The maximum absolute atomic E-state index is 3.67. The van der Waals surface area contributed by atoms with Gasteiger partial charge in [0.05, 0.1) is 0 Å². The van der Waals surface area contributed by atoms with E-state index >= 15 is 0 Å². The first-order chi connectivity index (χ1) is 6.83. The van der Waals surface area contributed by atoms with E-state index < -0.39 is 0 Å². The largest absolute Gasteiger partial charge is 0.161 e. The van der Waals surface area contributed by atoms with Crippen LogP contribution in [0.2, 0.25) is 0 Å². The molecule has 0 aliphatic heterocycles. The highest BCUT2D eigenvalue weighted by molar-refractivity contribution is 9.10. The molecule has 0 aliphatic carbocycles. The van der Waals surface area contributed by atoms with Gasteiger partial charge in [-0.05, 0) is 38.5 Å². The Balaban J connectivity index is 2.63. The zero-order chi connectivity index (χ0) is 9.97. The molecular formula is C12H11BrS. The first-order valence-corrected chi connectivity index (χ1v) is 6.66. The Kier molecular flexibility index (Phi) is 3.14. The number of benzene rings is 2. The Morgan fingerprint density at radius 1 is 1.14 bits per heavy atom. The van der Waals surface area contributed by atoms with Crippen LogP contribution in [0.3, 0.4) is 0 Å². The van der Waals surface area contributed by atoms with Gasteiger partial charge in [0.15, 0.2) is 0 Å². The average molecular weight is 267 g/mol. The fourth-order valence-electron chi connectivity index (χ4n) is 1.55. The average Bonchev–Trinajstić information content (AvgIpc) is 2.23. The fourth-order valence-corrected chi connectivity index (χ4v) is 2.92. The van der Waals surface area contributed by atoms with Crippen molar-refractivity contribution < 1.29 is 0 Å². The van der Waals surface area contributed by atoms with E-state index in [1.54, 1.807) is 0 Å². The van der Waals surface area contributed by atoms with E-state index in [2.05, 4.69) is 58.6 Å². The van der Waals surface area contributed by atoms with E-state index in [1.165, 1.54) is 20.8 Å². The summed E-state index contributed by atoms with van der Waals surface area (Å²) in [4.78, 5) is 0. The maximum Gasteiger partial charge on any atom is 0.0294 e. The van der Waals surface area contributed by atoms with Crippen LogP contribution in [0.4, 0.5) is 0 Å². The van der Waals surface area contributed by atoms with Gasteiger partial charge in [0.2, 0.25) is 0 Å². The van der Waals surface area contributed by atoms with Gasteiger partial charge in [0.1, 0.15) is 0 Å². The van der Waals surface area contributed by atoms with Gasteiger partial charge >= 0.3 is 0 Å². The van der Waals surface area contributed by atoms with E-state index in [0.717, 1.165) is 5.75 Å². The molecule has 0 unspecified atom stereocenters. The van der Waals surface area contributed by atoms with Crippen molar-refractivity contribution in [3.63, 3.8) is 0 Å². The lowest BCUT2D eigenvalue weighted by Gasteiger charge is -2.06. The Morgan fingerprint density at radius 3 is 2.71 bits per heavy atom. The minimum absolute atomic E-state index is 1.06. The number of thioether (sulfide) groups is 1. The monoisotopic (exact) mass is 266 g/mol. The van der Waals surface area contributed by atoms with Crippen molar-refractivity contribution >= 4 is 38.5 Å². The molecule has 0 atom stereocenters. The molecule has 2 aromatic rings. The van der Waals surface area contributed by atoms with Crippen LogP contribution in [0, 0.1) is 0 Å². The molecule has 0 amide bonds. The Labute approximate surface area is 96.8 Å². The lowest BCUT2D eigenvalue weighted by atomic mass is 10.1. The zero-order valence-electron chi connectivity index (χ0n) is 7.96. The molecule has 2 rings (SSSR count). The second kappa shape index (κ2) is 4.37. The van der Waals surface area contributed by atoms with Crippen molar-refractivity contribution in [3.05, 3.63) is 46.4 Å². The predicted octanol–water partition coefficient (Wildman–Crippen LogP) is 4.47. The quantitative estimate of drug-likeness (QED) is 0.773. The third-order valence-electron chi connectivity index (χ3n) is 2.24. The van der Waals surface area contributed by atoms with Crippen molar-refractivity contribution in [2.75, 3.05) is 6.26 Å². The zero-order valence-corrected chi connectivity index (χ0v) is 10.4. The molecule has 0 heterocycles. The van der Waals surface area contributed by atoms with Gasteiger partial charge in [-0.3, -0.25) is 0 Å². The molecular weight excluding hydrogens is 256 g/mol. The molecule has 0 fully saturated rings. The van der Waals surface area contributed by atoms with Crippen molar-refractivity contribution in [1.82, 2.24) is 0 Å². The van der Waals surface area contributed by atoms with E-state index in [1.807, 2.05) is 11.8 Å². The van der Waals surface area contributed by atoms with Crippen molar-refractivity contribution in [2.24, 2.45) is 0 Å². The molecule has 2 aromatic carbocycles. The highest BCUT2D eigenvalue weighted by Crippen LogP contribution is 2.29. The summed E-state index contributed by atoms with van der Waals surface area (Å²) in [5, 5.41) is 2.60. The third-order valence-corrected chi connectivity index (χ3v) is 3.78. The molecule has 2 heteroatoms. The van der Waals surface area contributed by atoms with Crippen molar-refractivity contribution in [2.45, 2.75) is 5.75 Å². The van der Waals surface area contributed by atoms with Crippen molar-refractivity contribution in [1.29, 1.82) is 0 Å². The summed E-state index contributed by atoms with van der Waals surface area (Å²) < 4.78 is 1.24. The first-order valence-electron chi connectivity index (χ1n) is 4.48. The van der Waals surface area contributed by atoms with Crippen LogP contribution in [-0.2, 0) is 5.75 Å². The highest BCUT2D eigenvalue weighted by Gasteiger charge is 2.03.